The largest absolute Gasteiger partial charge is 0.490 e. The van der Waals surface area contributed by atoms with Crippen molar-refractivity contribution in [2.24, 2.45) is 5.73 Å². The number of halogens is 2. The van der Waals surface area contributed by atoms with Crippen LogP contribution in [-0.4, -0.2) is 11.6 Å². The topological polar surface area (TPSA) is 35.2 Å². The molecule has 0 heterocycles. The molecule has 2 N–H and O–H groups in total. The third-order valence-electron chi connectivity index (χ3n) is 1.51. The van der Waals surface area contributed by atoms with Crippen LogP contribution in [0, 0.1) is 0 Å². The molecule has 76 valence electrons. The number of rotatable bonds is 4. The molecule has 0 spiro atoms. The van der Waals surface area contributed by atoms with Crippen molar-refractivity contribution in [1.82, 2.24) is 0 Å². The number of benzene rings is 1. The maximum Gasteiger partial charge on any atom is 0.156 e. The van der Waals surface area contributed by atoms with Crippen LogP contribution in [0.25, 0.3) is 0 Å². The summed E-state index contributed by atoms with van der Waals surface area (Å²) >= 11 is 16.5. The quantitative estimate of drug-likeness (QED) is 0.834. The highest BCUT2D eigenvalue weighted by molar-refractivity contribution is 7.80. The van der Waals surface area contributed by atoms with Crippen molar-refractivity contribution >= 4 is 40.4 Å². The third kappa shape index (κ3) is 3.33. The maximum atomic E-state index is 5.87. The number of para-hydroxylation sites is 1. The molecule has 5 heteroatoms. The normalized spacial score (nSPS) is 9.86. The van der Waals surface area contributed by atoms with Gasteiger partial charge in [-0.15, -0.1) is 0 Å². The molecule has 2 nitrogen and oxygen atoms in total. The Morgan fingerprint density at radius 2 is 1.93 bits per heavy atom. The monoisotopic (exact) mass is 249 g/mol. The number of thiocarbonyl (C=S) groups is 1. The summed E-state index contributed by atoms with van der Waals surface area (Å²) in [4.78, 5) is 0.410. The fourth-order valence-electron chi connectivity index (χ4n) is 0.874. The Kier molecular flexibility index (Phi) is 4.45. The average molecular weight is 250 g/mol. The molecule has 0 saturated carbocycles. The second-order valence-electron chi connectivity index (χ2n) is 2.62. The SMILES string of the molecule is NC(=S)CCOc1c(Cl)cccc1Cl. The zero-order valence-corrected chi connectivity index (χ0v) is 9.62. The van der Waals surface area contributed by atoms with Gasteiger partial charge in [0.2, 0.25) is 0 Å². The van der Waals surface area contributed by atoms with Gasteiger partial charge in [0.15, 0.2) is 5.75 Å². The number of hydrogen-bond donors (Lipinski definition) is 1. The molecule has 0 aliphatic rings. The lowest BCUT2D eigenvalue weighted by Crippen LogP contribution is -2.12. The summed E-state index contributed by atoms with van der Waals surface area (Å²) in [5.41, 5.74) is 5.32. The predicted molar refractivity (Wildman–Crippen MR) is 63.4 cm³/mol. The first-order valence-corrected chi connectivity index (χ1v) is 5.13. The summed E-state index contributed by atoms with van der Waals surface area (Å²) in [6, 6.07) is 5.18. The zero-order valence-electron chi connectivity index (χ0n) is 7.30. The third-order valence-corrected chi connectivity index (χ3v) is 2.31. The standard InChI is InChI=1S/C9H9Cl2NOS/c10-6-2-1-3-7(11)9(6)13-5-4-8(12)14/h1-3H,4-5H2,(H2,12,14). The van der Waals surface area contributed by atoms with Crippen molar-refractivity contribution in [1.29, 1.82) is 0 Å². The minimum atomic E-state index is 0.388. The van der Waals surface area contributed by atoms with Crippen LogP contribution in [-0.2, 0) is 0 Å². The lowest BCUT2D eigenvalue weighted by molar-refractivity contribution is 0.330. The summed E-state index contributed by atoms with van der Waals surface area (Å²) in [6.45, 7) is 0.388. The number of nitrogens with two attached hydrogens (primary N) is 1. The van der Waals surface area contributed by atoms with E-state index < -0.39 is 0 Å². The molecule has 0 aromatic heterocycles. The number of ether oxygens (including phenoxy) is 1. The van der Waals surface area contributed by atoms with E-state index in [1.54, 1.807) is 18.2 Å². The van der Waals surface area contributed by atoms with Gasteiger partial charge in [0, 0.05) is 6.42 Å². The van der Waals surface area contributed by atoms with Gasteiger partial charge in [-0.25, -0.2) is 0 Å². The summed E-state index contributed by atoms with van der Waals surface area (Å²) in [6.07, 6.45) is 0.511. The average Bonchev–Trinajstić information content (AvgIpc) is 2.09. The Balaban J connectivity index is 2.62. The summed E-state index contributed by atoms with van der Waals surface area (Å²) in [5.74, 6) is 0.479. The highest BCUT2D eigenvalue weighted by Crippen LogP contribution is 2.32. The van der Waals surface area contributed by atoms with Crippen LogP contribution in [0.4, 0.5) is 0 Å². The molecule has 0 atom stereocenters. The van der Waals surface area contributed by atoms with E-state index in [0.717, 1.165) is 0 Å². The Hall–Kier alpha value is -0.510. The summed E-state index contributed by atoms with van der Waals surface area (Å²) in [5, 5.41) is 0.973. The molecule has 1 aromatic carbocycles. The van der Waals surface area contributed by atoms with Crippen LogP contribution in [0.5, 0.6) is 5.75 Å². The fourth-order valence-corrected chi connectivity index (χ4v) is 1.46. The second kappa shape index (κ2) is 5.39. The van der Waals surface area contributed by atoms with Crippen LogP contribution < -0.4 is 10.5 Å². The van der Waals surface area contributed by atoms with Gasteiger partial charge in [0.1, 0.15) is 0 Å². The van der Waals surface area contributed by atoms with Gasteiger partial charge >= 0.3 is 0 Å². The van der Waals surface area contributed by atoms with Gasteiger partial charge in [0.05, 0.1) is 21.6 Å². The van der Waals surface area contributed by atoms with Gasteiger partial charge in [-0.3, -0.25) is 0 Å². The molecule has 0 amide bonds. The zero-order chi connectivity index (χ0) is 10.6. The smallest absolute Gasteiger partial charge is 0.156 e. The van der Waals surface area contributed by atoms with Crippen LogP contribution in [0.2, 0.25) is 10.0 Å². The molecule has 0 unspecified atom stereocenters. The van der Waals surface area contributed by atoms with Crippen molar-refractivity contribution in [2.75, 3.05) is 6.61 Å². The van der Waals surface area contributed by atoms with Crippen LogP contribution in [0.1, 0.15) is 6.42 Å². The molecule has 0 bridgehead atoms. The first-order valence-electron chi connectivity index (χ1n) is 3.96. The van der Waals surface area contributed by atoms with E-state index >= 15 is 0 Å². The molecule has 0 saturated heterocycles. The lowest BCUT2D eigenvalue weighted by atomic mass is 10.3. The predicted octanol–water partition coefficient (Wildman–Crippen LogP) is 3.05. The van der Waals surface area contributed by atoms with Gasteiger partial charge in [-0.2, -0.15) is 0 Å². The Bertz CT molecular complexity index is 323. The second-order valence-corrected chi connectivity index (χ2v) is 3.95. The first-order chi connectivity index (χ1) is 6.61. The Morgan fingerprint density at radius 1 is 1.36 bits per heavy atom. The molecule has 1 aromatic rings. The highest BCUT2D eigenvalue weighted by Gasteiger charge is 2.05. The number of hydrogen-bond acceptors (Lipinski definition) is 2. The van der Waals surface area contributed by atoms with Crippen molar-refractivity contribution in [2.45, 2.75) is 6.42 Å². The van der Waals surface area contributed by atoms with Crippen molar-refractivity contribution in [3.8, 4) is 5.75 Å². The Morgan fingerprint density at radius 3 is 2.43 bits per heavy atom. The molecular formula is C9H9Cl2NOS. The van der Waals surface area contributed by atoms with Crippen molar-refractivity contribution in [3.05, 3.63) is 28.2 Å². The molecule has 0 radical (unpaired) electrons. The summed E-state index contributed by atoms with van der Waals surface area (Å²) in [7, 11) is 0. The van der Waals surface area contributed by atoms with E-state index in [9.17, 15) is 0 Å². The van der Waals surface area contributed by atoms with E-state index in [-0.39, 0.29) is 0 Å². The van der Waals surface area contributed by atoms with E-state index in [2.05, 4.69) is 0 Å². The van der Waals surface area contributed by atoms with Crippen LogP contribution in [0.3, 0.4) is 0 Å². The van der Waals surface area contributed by atoms with Gasteiger partial charge < -0.3 is 10.5 Å². The minimum Gasteiger partial charge on any atom is -0.490 e. The van der Waals surface area contributed by atoms with E-state index in [1.165, 1.54) is 0 Å². The van der Waals surface area contributed by atoms with Crippen molar-refractivity contribution in [3.63, 3.8) is 0 Å². The van der Waals surface area contributed by atoms with Crippen LogP contribution >= 0.6 is 35.4 Å². The molecule has 0 aliphatic heterocycles. The summed E-state index contributed by atoms with van der Waals surface area (Å²) < 4.78 is 5.35. The maximum absolute atomic E-state index is 5.87. The van der Waals surface area contributed by atoms with E-state index in [0.29, 0.717) is 33.8 Å². The van der Waals surface area contributed by atoms with Gasteiger partial charge in [-0.05, 0) is 12.1 Å². The molecule has 0 aliphatic carbocycles. The minimum absolute atomic E-state index is 0.388. The molecule has 1 rings (SSSR count). The first kappa shape index (κ1) is 11.6. The lowest BCUT2D eigenvalue weighted by Gasteiger charge is -2.08. The highest BCUT2D eigenvalue weighted by atomic mass is 35.5. The Labute approximate surface area is 97.9 Å². The van der Waals surface area contributed by atoms with Crippen molar-refractivity contribution < 1.29 is 4.74 Å². The van der Waals surface area contributed by atoms with Gasteiger partial charge in [-0.1, -0.05) is 41.5 Å². The fraction of sp³-hybridized carbons (Fsp3) is 0.222. The molecule has 0 fully saturated rings. The van der Waals surface area contributed by atoms with E-state index in [4.69, 9.17) is 45.9 Å². The molecule has 14 heavy (non-hydrogen) atoms. The van der Waals surface area contributed by atoms with E-state index in [1.807, 2.05) is 0 Å². The van der Waals surface area contributed by atoms with Gasteiger partial charge in [0.25, 0.3) is 0 Å². The molecular weight excluding hydrogens is 241 g/mol. The van der Waals surface area contributed by atoms with Crippen LogP contribution in [0.15, 0.2) is 18.2 Å².